The van der Waals surface area contributed by atoms with Gasteiger partial charge in [-0.3, -0.25) is 5.10 Å². The van der Waals surface area contributed by atoms with Crippen molar-refractivity contribution in [3.8, 4) is 6.07 Å². The Kier molecular flexibility index (Phi) is 3.56. The molecule has 0 radical (unpaired) electrons. The first kappa shape index (κ1) is 12.6. The highest BCUT2D eigenvalue weighted by Crippen LogP contribution is 2.32. The first-order valence-corrected chi connectivity index (χ1v) is 6.43. The number of hydrogen-bond donors (Lipinski definition) is 2. The van der Waals surface area contributed by atoms with Crippen molar-refractivity contribution in [2.75, 3.05) is 18.5 Å². The van der Waals surface area contributed by atoms with Gasteiger partial charge in [-0.05, 0) is 18.6 Å². The third-order valence-electron chi connectivity index (χ3n) is 3.36. The Bertz CT molecular complexity index is 588. The van der Waals surface area contributed by atoms with Gasteiger partial charge in [-0.25, -0.2) is 9.97 Å². The lowest BCUT2D eigenvalue weighted by Gasteiger charge is -2.17. The molecule has 7 nitrogen and oxygen atoms in total. The number of rotatable bonds is 4. The summed E-state index contributed by atoms with van der Waals surface area (Å²) < 4.78 is 5.70. The molecular weight excluding hydrogens is 256 g/mol. The van der Waals surface area contributed by atoms with Crippen LogP contribution in [0.4, 0.5) is 5.69 Å². The van der Waals surface area contributed by atoms with Crippen LogP contribution in [0.5, 0.6) is 0 Å². The first-order chi connectivity index (χ1) is 9.86. The fourth-order valence-corrected chi connectivity index (χ4v) is 2.31. The molecule has 0 saturated carbocycles. The number of anilines is 1. The molecule has 0 unspecified atom stereocenters. The van der Waals surface area contributed by atoms with Crippen LogP contribution >= 0.6 is 0 Å². The van der Waals surface area contributed by atoms with E-state index in [2.05, 4.69) is 25.5 Å². The minimum Gasteiger partial charge on any atom is -0.383 e. The quantitative estimate of drug-likeness (QED) is 0.867. The zero-order chi connectivity index (χ0) is 13.8. The number of hydrogen-bond acceptors (Lipinski definition) is 6. The first-order valence-electron chi connectivity index (χ1n) is 6.43. The second-order valence-corrected chi connectivity index (χ2v) is 4.64. The van der Waals surface area contributed by atoms with Crippen molar-refractivity contribution < 1.29 is 4.74 Å². The molecule has 1 saturated heterocycles. The van der Waals surface area contributed by atoms with Gasteiger partial charge >= 0.3 is 0 Å². The summed E-state index contributed by atoms with van der Waals surface area (Å²) >= 11 is 0. The van der Waals surface area contributed by atoms with E-state index in [1.807, 2.05) is 12.1 Å². The molecule has 0 amide bonds. The predicted octanol–water partition coefficient (Wildman–Crippen LogP) is 1.26. The fraction of sp³-hybridized carbons (Fsp3) is 0.385. The summed E-state index contributed by atoms with van der Waals surface area (Å²) in [5, 5.41) is 18.7. The summed E-state index contributed by atoms with van der Waals surface area (Å²) in [5.74, 6) is 1.10. The molecule has 1 aliphatic heterocycles. The van der Waals surface area contributed by atoms with Crippen LogP contribution < -0.4 is 5.32 Å². The van der Waals surface area contributed by atoms with Crippen molar-refractivity contribution in [2.45, 2.75) is 12.5 Å². The van der Waals surface area contributed by atoms with E-state index in [0.717, 1.165) is 31.1 Å². The highest BCUT2D eigenvalue weighted by Gasteiger charge is 2.31. The van der Waals surface area contributed by atoms with Gasteiger partial charge in [0.1, 0.15) is 24.2 Å². The van der Waals surface area contributed by atoms with Crippen LogP contribution in [-0.4, -0.2) is 33.3 Å². The SMILES string of the molecule is N#Cc1ccc(NC[C@@H]2CCO[C@@H]2c2ncn[nH]2)cn1. The summed E-state index contributed by atoms with van der Waals surface area (Å²) in [6, 6.07) is 5.55. The average Bonchev–Trinajstić information content (AvgIpc) is 3.16. The Balaban J connectivity index is 1.61. The van der Waals surface area contributed by atoms with E-state index in [1.54, 1.807) is 12.3 Å². The molecule has 7 heteroatoms. The molecule has 0 bridgehead atoms. The zero-order valence-electron chi connectivity index (χ0n) is 10.8. The van der Waals surface area contributed by atoms with Gasteiger partial charge in [0.15, 0.2) is 5.82 Å². The summed E-state index contributed by atoms with van der Waals surface area (Å²) in [6.45, 7) is 1.49. The Hall–Kier alpha value is -2.46. The number of ether oxygens (including phenoxy) is 1. The topological polar surface area (TPSA) is 99.5 Å². The van der Waals surface area contributed by atoms with Crippen molar-refractivity contribution in [3.63, 3.8) is 0 Å². The molecule has 20 heavy (non-hydrogen) atoms. The van der Waals surface area contributed by atoms with Gasteiger partial charge in [0, 0.05) is 19.1 Å². The van der Waals surface area contributed by atoms with E-state index in [0.29, 0.717) is 11.6 Å². The van der Waals surface area contributed by atoms with Crippen LogP contribution in [0.25, 0.3) is 0 Å². The molecule has 3 heterocycles. The van der Waals surface area contributed by atoms with E-state index in [9.17, 15) is 0 Å². The van der Waals surface area contributed by atoms with E-state index in [4.69, 9.17) is 10.00 Å². The molecule has 2 aromatic heterocycles. The lowest BCUT2D eigenvalue weighted by Crippen LogP contribution is -2.18. The molecule has 2 atom stereocenters. The maximum atomic E-state index is 8.71. The number of pyridine rings is 1. The number of aromatic amines is 1. The number of nitriles is 1. The number of H-pyrrole nitrogens is 1. The maximum Gasteiger partial charge on any atom is 0.153 e. The van der Waals surface area contributed by atoms with Crippen molar-refractivity contribution >= 4 is 5.69 Å². The molecule has 1 fully saturated rings. The third-order valence-corrected chi connectivity index (χ3v) is 3.36. The Morgan fingerprint density at radius 3 is 3.10 bits per heavy atom. The van der Waals surface area contributed by atoms with Crippen molar-refractivity contribution in [3.05, 3.63) is 36.2 Å². The van der Waals surface area contributed by atoms with Gasteiger partial charge < -0.3 is 10.1 Å². The average molecular weight is 270 g/mol. The molecular formula is C13H14N6O. The molecule has 102 valence electrons. The van der Waals surface area contributed by atoms with E-state index >= 15 is 0 Å². The Morgan fingerprint density at radius 1 is 1.45 bits per heavy atom. The van der Waals surface area contributed by atoms with Gasteiger partial charge in [-0.1, -0.05) is 0 Å². The Labute approximate surface area is 116 Å². The summed E-state index contributed by atoms with van der Waals surface area (Å²) in [5.41, 5.74) is 1.31. The minimum absolute atomic E-state index is 0.0451. The van der Waals surface area contributed by atoms with Gasteiger partial charge in [0.25, 0.3) is 0 Å². The molecule has 2 N–H and O–H groups in total. The van der Waals surface area contributed by atoms with Crippen LogP contribution in [0.2, 0.25) is 0 Å². The van der Waals surface area contributed by atoms with E-state index < -0.39 is 0 Å². The second kappa shape index (κ2) is 5.67. The van der Waals surface area contributed by atoms with Crippen LogP contribution in [-0.2, 0) is 4.74 Å². The fourth-order valence-electron chi connectivity index (χ4n) is 2.31. The minimum atomic E-state index is -0.0451. The Morgan fingerprint density at radius 2 is 2.40 bits per heavy atom. The van der Waals surface area contributed by atoms with Crippen LogP contribution in [0.1, 0.15) is 24.0 Å². The van der Waals surface area contributed by atoms with Crippen molar-refractivity contribution in [1.82, 2.24) is 20.2 Å². The van der Waals surface area contributed by atoms with E-state index in [1.165, 1.54) is 6.33 Å². The molecule has 0 aliphatic carbocycles. The monoisotopic (exact) mass is 270 g/mol. The molecule has 3 rings (SSSR count). The molecule has 0 aromatic carbocycles. The van der Waals surface area contributed by atoms with E-state index in [-0.39, 0.29) is 6.10 Å². The van der Waals surface area contributed by atoms with Gasteiger partial charge in [-0.2, -0.15) is 10.4 Å². The van der Waals surface area contributed by atoms with Gasteiger partial charge in [0.05, 0.1) is 11.9 Å². The second-order valence-electron chi connectivity index (χ2n) is 4.64. The van der Waals surface area contributed by atoms with Crippen LogP contribution in [0, 0.1) is 17.2 Å². The number of aromatic nitrogens is 4. The summed E-state index contributed by atoms with van der Waals surface area (Å²) in [4.78, 5) is 8.19. The van der Waals surface area contributed by atoms with Crippen LogP contribution in [0.3, 0.4) is 0 Å². The number of nitrogens with one attached hydrogen (secondary N) is 2. The van der Waals surface area contributed by atoms with Crippen molar-refractivity contribution in [1.29, 1.82) is 5.26 Å². The largest absolute Gasteiger partial charge is 0.383 e. The summed E-state index contributed by atoms with van der Waals surface area (Å²) in [6.07, 6.45) is 4.09. The van der Waals surface area contributed by atoms with Crippen molar-refractivity contribution in [2.24, 2.45) is 5.92 Å². The molecule has 0 spiro atoms. The number of nitrogens with zero attached hydrogens (tertiary/aromatic N) is 4. The lowest BCUT2D eigenvalue weighted by molar-refractivity contribution is 0.0864. The normalized spacial score (nSPS) is 21.6. The molecule has 1 aliphatic rings. The predicted molar refractivity (Wildman–Crippen MR) is 70.6 cm³/mol. The third kappa shape index (κ3) is 2.60. The highest BCUT2D eigenvalue weighted by atomic mass is 16.5. The standard InChI is InChI=1S/C13H14N6O/c14-5-10-1-2-11(7-16-10)15-6-9-3-4-20-12(9)13-17-8-18-19-13/h1-2,7-9,12,15H,3-4,6H2,(H,17,18,19)/t9-,12-/m0/s1. The zero-order valence-corrected chi connectivity index (χ0v) is 10.8. The lowest BCUT2D eigenvalue weighted by atomic mass is 10.0. The smallest absolute Gasteiger partial charge is 0.153 e. The van der Waals surface area contributed by atoms with Gasteiger partial charge in [0.2, 0.25) is 0 Å². The highest BCUT2D eigenvalue weighted by molar-refractivity contribution is 5.42. The maximum absolute atomic E-state index is 8.71. The van der Waals surface area contributed by atoms with Gasteiger partial charge in [-0.15, -0.1) is 0 Å². The van der Waals surface area contributed by atoms with Crippen LogP contribution in [0.15, 0.2) is 24.7 Å². The molecule has 2 aromatic rings. The summed E-state index contributed by atoms with van der Waals surface area (Å²) in [7, 11) is 0.